The van der Waals surface area contributed by atoms with Gasteiger partial charge in [0.25, 0.3) is 0 Å². The van der Waals surface area contributed by atoms with Gasteiger partial charge in [-0.05, 0) is 68.4 Å². The van der Waals surface area contributed by atoms with Gasteiger partial charge in [0.15, 0.2) is 4.99 Å². The number of amides is 1. The van der Waals surface area contributed by atoms with Gasteiger partial charge in [-0.25, -0.2) is 5.01 Å². The summed E-state index contributed by atoms with van der Waals surface area (Å²) in [4.78, 5) is 14.3. The lowest BCUT2D eigenvalue weighted by Crippen LogP contribution is -2.53. The molecule has 0 bridgehead atoms. The Morgan fingerprint density at radius 2 is 1.67 bits per heavy atom. The SMILES string of the molecule is CC1=NN(c2ccc(C)cc2)[C@]2(C1)SCC(=O)N2c1ccc(Oc2ccc(Cl)cc2Cl)cc1. The number of carbonyl (C=O) groups is 1. The predicted octanol–water partition coefficient (Wildman–Crippen LogP) is 7.11. The number of nitrogens with zero attached hydrogens (tertiary/aromatic N) is 3. The molecule has 0 radical (unpaired) electrons. The van der Waals surface area contributed by atoms with Crippen LogP contribution in [-0.4, -0.2) is 22.4 Å². The molecule has 1 spiro atoms. The van der Waals surface area contributed by atoms with Gasteiger partial charge >= 0.3 is 0 Å². The van der Waals surface area contributed by atoms with Crippen LogP contribution in [0, 0.1) is 6.92 Å². The van der Waals surface area contributed by atoms with Crippen molar-refractivity contribution < 1.29 is 9.53 Å². The van der Waals surface area contributed by atoms with Crippen LogP contribution in [0.5, 0.6) is 11.5 Å². The highest BCUT2D eigenvalue weighted by Gasteiger charge is 2.55. The van der Waals surface area contributed by atoms with Gasteiger partial charge in [0.05, 0.1) is 16.5 Å². The molecule has 2 aliphatic heterocycles. The van der Waals surface area contributed by atoms with Gasteiger partial charge in [-0.2, -0.15) is 5.10 Å². The van der Waals surface area contributed by atoms with E-state index in [9.17, 15) is 4.79 Å². The monoisotopic (exact) mass is 497 g/mol. The molecule has 168 valence electrons. The highest BCUT2D eigenvalue weighted by Crippen LogP contribution is 2.50. The van der Waals surface area contributed by atoms with Crippen molar-refractivity contribution in [2.45, 2.75) is 25.3 Å². The minimum atomic E-state index is -0.627. The van der Waals surface area contributed by atoms with Gasteiger partial charge in [0.1, 0.15) is 11.5 Å². The molecular weight excluding hydrogens is 477 g/mol. The Morgan fingerprint density at radius 1 is 0.970 bits per heavy atom. The van der Waals surface area contributed by atoms with Crippen LogP contribution in [0.3, 0.4) is 0 Å². The van der Waals surface area contributed by atoms with E-state index in [0.29, 0.717) is 33.7 Å². The van der Waals surface area contributed by atoms with E-state index in [0.717, 1.165) is 17.1 Å². The third-order valence-electron chi connectivity index (χ3n) is 5.61. The second-order valence-electron chi connectivity index (χ2n) is 8.09. The maximum absolute atomic E-state index is 13.1. The summed E-state index contributed by atoms with van der Waals surface area (Å²) in [5.74, 6) is 1.58. The molecule has 8 heteroatoms. The summed E-state index contributed by atoms with van der Waals surface area (Å²) in [5.41, 5.74) is 3.92. The number of aryl methyl sites for hydroxylation is 1. The second kappa shape index (κ2) is 8.60. The molecule has 5 nitrogen and oxygen atoms in total. The molecule has 3 aromatic rings. The van der Waals surface area contributed by atoms with E-state index in [1.54, 1.807) is 30.0 Å². The number of hydrazone groups is 1. The second-order valence-corrected chi connectivity index (χ2v) is 10.2. The summed E-state index contributed by atoms with van der Waals surface area (Å²) in [5, 5.41) is 7.77. The number of carbonyl (C=O) groups excluding carboxylic acids is 1. The van der Waals surface area contributed by atoms with Crippen LogP contribution in [0.2, 0.25) is 10.0 Å². The predicted molar refractivity (Wildman–Crippen MR) is 137 cm³/mol. The van der Waals surface area contributed by atoms with Crippen molar-refractivity contribution in [3.05, 3.63) is 82.3 Å². The normalized spacial score (nSPS) is 20.0. The van der Waals surface area contributed by atoms with Gasteiger partial charge in [0, 0.05) is 22.8 Å². The molecule has 0 aromatic heterocycles. The highest BCUT2D eigenvalue weighted by molar-refractivity contribution is 8.02. The lowest BCUT2D eigenvalue weighted by molar-refractivity contribution is -0.116. The third kappa shape index (κ3) is 4.07. The zero-order valence-electron chi connectivity index (χ0n) is 18.1. The van der Waals surface area contributed by atoms with Crippen molar-refractivity contribution in [2.24, 2.45) is 5.10 Å². The van der Waals surface area contributed by atoms with E-state index >= 15 is 0 Å². The van der Waals surface area contributed by atoms with Crippen molar-refractivity contribution in [3.8, 4) is 11.5 Å². The summed E-state index contributed by atoms with van der Waals surface area (Å²) < 4.78 is 5.91. The van der Waals surface area contributed by atoms with E-state index in [4.69, 9.17) is 33.0 Å². The van der Waals surface area contributed by atoms with Crippen LogP contribution < -0.4 is 14.6 Å². The topological polar surface area (TPSA) is 45.1 Å². The first kappa shape index (κ1) is 22.1. The zero-order valence-corrected chi connectivity index (χ0v) is 20.4. The minimum absolute atomic E-state index is 0.0522. The molecule has 2 aliphatic rings. The quantitative estimate of drug-likeness (QED) is 0.385. The molecule has 0 saturated carbocycles. The average molecular weight is 498 g/mol. The maximum Gasteiger partial charge on any atom is 0.239 e. The van der Waals surface area contributed by atoms with Gasteiger partial charge < -0.3 is 4.74 Å². The van der Waals surface area contributed by atoms with Crippen LogP contribution >= 0.6 is 35.0 Å². The largest absolute Gasteiger partial charge is 0.456 e. The van der Waals surface area contributed by atoms with E-state index in [2.05, 4.69) is 19.1 Å². The van der Waals surface area contributed by atoms with Gasteiger partial charge in [-0.15, -0.1) is 0 Å². The Balaban J connectivity index is 1.46. The maximum atomic E-state index is 13.1. The first-order valence-electron chi connectivity index (χ1n) is 10.5. The van der Waals surface area contributed by atoms with E-state index in [-0.39, 0.29) is 5.91 Å². The van der Waals surface area contributed by atoms with E-state index < -0.39 is 4.99 Å². The molecule has 2 heterocycles. The number of halogens is 2. The molecule has 0 N–H and O–H groups in total. The standard InChI is InChI=1S/C25H21Cl2N3O2S/c1-16-3-6-20(7-4-16)30-25(14-17(2)28-30)29(24(31)15-33-25)19-8-10-21(11-9-19)32-23-12-5-18(26)13-22(23)27/h3-13H,14-15H2,1-2H3/t25-/m1/s1. The van der Waals surface area contributed by atoms with E-state index in [1.165, 1.54) is 5.56 Å². The number of benzene rings is 3. The first-order chi connectivity index (χ1) is 15.9. The molecule has 33 heavy (non-hydrogen) atoms. The Hall–Kier alpha value is -2.67. The number of thioether (sulfide) groups is 1. The van der Waals surface area contributed by atoms with Crippen molar-refractivity contribution >= 4 is 58.0 Å². The fourth-order valence-corrected chi connectivity index (χ4v) is 5.97. The fourth-order valence-electron chi connectivity index (χ4n) is 4.12. The summed E-state index contributed by atoms with van der Waals surface area (Å²) in [6, 6.07) is 20.8. The number of hydrogen-bond donors (Lipinski definition) is 0. The highest BCUT2D eigenvalue weighted by atomic mass is 35.5. The number of anilines is 2. The number of rotatable bonds is 4. The van der Waals surface area contributed by atoms with Crippen LogP contribution in [0.4, 0.5) is 11.4 Å². The summed E-state index contributed by atoms with van der Waals surface area (Å²) >= 11 is 13.8. The van der Waals surface area contributed by atoms with Gasteiger partial charge in [-0.1, -0.05) is 52.7 Å². The van der Waals surface area contributed by atoms with Crippen LogP contribution in [0.1, 0.15) is 18.9 Å². The molecule has 0 aliphatic carbocycles. The fraction of sp³-hybridized carbons (Fsp3) is 0.200. The van der Waals surface area contributed by atoms with Gasteiger partial charge in [0.2, 0.25) is 5.91 Å². The molecular formula is C25H21Cl2N3O2S. The molecule has 1 amide bonds. The summed E-state index contributed by atoms with van der Waals surface area (Å²) in [6.07, 6.45) is 0.663. The lowest BCUT2D eigenvalue weighted by atomic mass is 10.1. The van der Waals surface area contributed by atoms with Crippen molar-refractivity contribution in [1.82, 2.24) is 0 Å². The number of hydrogen-bond acceptors (Lipinski definition) is 5. The molecule has 5 rings (SSSR count). The smallest absolute Gasteiger partial charge is 0.239 e. The summed E-state index contributed by atoms with van der Waals surface area (Å²) in [6.45, 7) is 4.06. The third-order valence-corrected chi connectivity index (χ3v) is 7.49. The number of ether oxygens (including phenoxy) is 1. The molecule has 0 unspecified atom stereocenters. The van der Waals surface area contributed by atoms with Crippen molar-refractivity contribution in [3.63, 3.8) is 0 Å². The lowest BCUT2D eigenvalue weighted by Gasteiger charge is -2.40. The Morgan fingerprint density at radius 3 is 2.36 bits per heavy atom. The average Bonchev–Trinajstić information content (AvgIpc) is 3.30. The van der Waals surface area contributed by atoms with Crippen molar-refractivity contribution in [1.29, 1.82) is 0 Å². The van der Waals surface area contributed by atoms with Crippen LogP contribution in [0.15, 0.2) is 71.8 Å². The molecule has 1 saturated heterocycles. The van der Waals surface area contributed by atoms with Crippen LogP contribution in [0.25, 0.3) is 0 Å². The van der Waals surface area contributed by atoms with Gasteiger partial charge in [-0.3, -0.25) is 9.69 Å². The molecule has 3 aromatic carbocycles. The minimum Gasteiger partial charge on any atom is -0.456 e. The molecule has 1 fully saturated rings. The first-order valence-corrected chi connectivity index (χ1v) is 12.2. The Kier molecular flexibility index (Phi) is 5.77. The van der Waals surface area contributed by atoms with Crippen LogP contribution in [-0.2, 0) is 4.79 Å². The summed E-state index contributed by atoms with van der Waals surface area (Å²) in [7, 11) is 0. The Labute approximate surface area is 206 Å². The van der Waals surface area contributed by atoms with Crippen molar-refractivity contribution in [2.75, 3.05) is 15.7 Å². The zero-order chi connectivity index (χ0) is 23.2. The molecule has 1 atom stereocenters. The Bertz CT molecular complexity index is 1250. The van der Waals surface area contributed by atoms with E-state index in [1.807, 2.05) is 53.2 Å².